The summed E-state index contributed by atoms with van der Waals surface area (Å²) in [7, 11) is 0. The van der Waals surface area contributed by atoms with Crippen LogP contribution < -0.4 is 11.1 Å². The van der Waals surface area contributed by atoms with Crippen molar-refractivity contribution >= 4 is 11.8 Å². The molecule has 24 heavy (non-hydrogen) atoms. The zero-order valence-corrected chi connectivity index (χ0v) is 12.6. The molecule has 0 heterocycles. The highest BCUT2D eigenvalue weighted by atomic mass is 19.3. The molecule has 0 saturated heterocycles. The Morgan fingerprint density at radius 2 is 2.08 bits per heavy atom. The summed E-state index contributed by atoms with van der Waals surface area (Å²) in [5.41, 5.74) is 2.87. The van der Waals surface area contributed by atoms with Gasteiger partial charge in [0.15, 0.2) is 0 Å². The van der Waals surface area contributed by atoms with Crippen molar-refractivity contribution in [2.75, 3.05) is 0 Å². The number of hydrogen-bond acceptors (Lipinski definition) is 3. The van der Waals surface area contributed by atoms with Gasteiger partial charge in [-0.3, -0.25) is 9.59 Å². The fraction of sp³-hybridized carbons (Fsp3) is 0.375. The average Bonchev–Trinajstić information content (AvgIpc) is 3.26. The Morgan fingerprint density at radius 1 is 1.42 bits per heavy atom. The van der Waals surface area contributed by atoms with Crippen molar-refractivity contribution in [3.63, 3.8) is 0 Å². The smallest absolute Gasteiger partial charge is 0.274 e. The summed E-state index contributed by atoms with van der Waals surface area (Å²) in [5.74, 6) is -6.06. The maximum Gasteiger partial charge on any atom is 0.274 e. The molecular formula is C16H15F3N3O2. The van der Waals surface area contributed by atoms with E-state index in [9.17, 15) is 22.8 Å². The fourth-order valence-electron chi connectivity index (χ4n) is 2.24. The summed E-state index contributed by atoms with van der Waals surface area (Å²) in [4.78, 5) is 22.8. The standard InChI is InChI=1S/C16H15F3N3O2/c17-10-3-4-12(11(8-10)14(21)24)16(18,19)5-1-2-13(23)22-15(9-20)6-7-15/h2-4,8H,1,5-7H2,(H2,21,24)(H,22,23). The molecule has 0 aromatic heterocycles. The second-order valence-electron chi connectivity index (χ2n) is 5.68. The summed E-state index contributed by atoms with van der Waals surface area (Å²) >= 11 is 0. The molecule has 1 aromatic carbocycles. The van der Waals surface area contributed by atoms with Gasteiger partial charge in [0.1, 0.15) is 11.4 Å². The van der Waals surface area contributed by atoms with Crippen molar-refractivity contribution in [1.29, 1.82) is 5.26 Å². The molecule has 1 fully saturated rings. The molecule has 0 spiro atoms. The van der Waals surface area contributed by atoms with E-state index < -0.39 is 46.6 Å². The third-order valence-electron chi connectivity index (χ3n) is 3.76. The van der Waals surface area contributed by atoms with Crippen LogP contribution >= 0.6 is 0 Å². The van der Waals surface area contributed by atoms with Gasteiger partial charge < -0.3 is 11.1 Å². The number of alkyl halides is 2. The molecule has 3 N–H and O–H groups in total. The van der Waals surface area contributed by atoms with Crippen LogP contribution in [0, 0.1) is 23.6 Å². The number of nitrogens with one attached hydrogen (secondary N) is 1. The fourth-order valence-corrected chi connectivity index (χ4v) is 2.24. The lowest BCUT2D eigenvalue weighted by atomic mass is 9.96. The van der Waals surface area contributed by atoms with Crippen LogP contribution in [-0.4, -0.2) is 17.4 Å². The Morgan fingerprint density at radius 3 is 2.62 bits per heavy atom. The highest BCUT2D eigenvalue weighted by Crippen LogP contribution is 2.36. The molecular weight excluding hydrogens is 323 g/mol. The third kappa shape index (κ3) is 4.04. The van der Waals surface area contributed by atoms with Crippen LogP contribution in [0.25, 0.3) is 0 Å². The van der Waals surface area contributed by atoms with Gasteiger partial charge in [-0.15, -0.1) is 0 Å². The number of primary amides is 1. The van der Waals surface area contributed by atoms with Crippen LogP contribution in [0.1, 0.15) is 41.6 Å². The molecule has 8 heteroatoms. The number of carbonyl (C=O) groups is 2. The average molecular weight is 338 g/mol. The first-order valence-electron chi connectivity index (χ1n) is 7.23. The molecule has 2 rings (SSSR count). The number of nitrogens with two attached hydrogens (primary N) is 1. The lowest BCUT2D eigenvalue weighted by Gasteiger charge is -2.19. The SMILES string of the molecule is N#CC1(NC(=O)[CH]CCC(F)(F)c2ccc(F)cc2C(N)=O)CC1. The number of nitrogens with zero attached hydrogens (tertiary/aromatic N) is 1. The predicted octanol–water partition coefficient (Wildman–Crippen LogP) is 2.17. The van der Waals surface area contributed by atoms with Gasteiger partial charge in [0.05, 0.1) is 11.6 Å². The van der Waals surface area contributed by atoms with Gasteiger partial charge in [-0.1, -0.05) is 0 Å². The molecule has 1 aliphatic rings. The maximum absolute atomic E-state index is 14.2. The highest BCUT2D eigenvalue weighted by molar-refractivity contribution is 5.94. The molecule has 127 valence electrons. The van der Waals surface area contributed by atoms with E-state index in [4.69, 9.17) is 11.0 Å². The zero-order valence-electron chi connectivity index (χ0n) is 12.6. The second kappa shape index (κ2) is 6.51. The van der Waals surface area contributed by atoms with Gasteiger partial charge in [0.2, 0.25) is 11.8 Å². The second-order valence-corrected chi connectivity index (χ2v) is 5.68. The van der Waals surface area contributed by atoms with Gasteiger partial charge in [-0.2, -0.15) is 5.26 Å². The number of carbonyl (C=O) groups excluding carboxylic acids is 2. The van der Waals surface area contributed by atoms with Crippen LogP contribution in [0.5, 0.6) is 0 Å². The van der Waals surface area contributed by atoms with E-state index in [0.29, 0.717) is 18.9 Å². The van der Waals surface area contributed by atoms with Crippen molar-refractivity contribution in [2.24, 2.45) is 5.73 Å². The van der Waals surface area contributed by atoms with Gasteiger partial charge in [0.25, 0.3) is 5.92 Å². The molecule has 0 atom stereocenters. The van der Waals surface area contributed by atoms with Gasteiger partial charge in [0, 0.05) is 18.4 Å². The molecule has 5 nitrogen and oxygen atoms in total. The molecule has 0 aliphatic heterocycles. The molecule has 2 amide bonds. The number of amides is 2. The number of rotatable bonds is 7. The van der Waals surface area contributed by atoms with Crippen LogP contribution in [0.4, 0.5) is 13.2 Å². The molecule has 0 unspecified atom stereocenters. The molecule has 0 bridgehead atoms. The van der Waals surface area contributed by atoms with E-state index in [2.05, 4.69) is 5.32 Å². The molecule has 1 aromatic rings. The Balaban J connectivity index is 1.98. The van der Waals surface area contributed by atoms with Crippen LogP contribution in [0.2, 0.25) is 0 Å². The quantitative estimate of drug-likeness (QED) is 0.797. The Hall–Kier alpha value is -2.56. The van der Waals surface area contributed by atoms with E-state index >= 15 is 0 Å². The van der Waals surface area contributed by atoms with E-state index in [1.807, 2.05) is 6.07 Å². The Bertz CT molecular complexity index is 709. The number of hydrogen-bond donors (Lipinski definition) is 2. The van der Waals surface area contributed by atoms with Crippen LogP contribution in [0.15, 0.2) is 18.2 Å². The lowest BCUT2D eigenvalue weighted by Crippen LogP contribution is -2.35. The molecule has 1 aliphatic carbocycles. The predicted molar refractivity (Wildman–Crippen MR) is 78.1 cm³/mol. The summed E-state index contributed by atoms with van der Waals surface area (Å²) in [6.07, 6.45) is 1.06. The largest absolute Gasteiger partial charge is 0.366 e. The normalized spacial score (nSPS) is 15.4. The van der Waals surface area contributed by atoms with Gasteiger partial charge >= 0.3 is 0 Å². The van der Waals surface area contributed by atoms with Crippen LogP contribution in [0.3, 0.4) is 0 Å². The summed E-state index contributed by atoms with van der Waals surface area (Å²) in [6.45, 7) is 0. The van der Waals surface area contributed by atoms with E-state index in [-0.39, 0.29) is 6.42 Å². The Labute approximate surface area is 136 Å². The van der Waals surface area contributed by atoms with Crippen LogP contribution in [-0.2, 0) is 10.7 Å². The van der Waals surface area contributed by atoms with Gasteiger partial charge in [-0.05, 0) is 37.5 Å². The minimum absolute atomic E-state index is 0.282. The molecule has 1 radical (unpaired) electrons. The first-order valence-corrected chi connectivity index (χ1v) is 7.23. The summed E-state index contributed by atoms with van der Waals surface area (Å²) in [5, 5.41) is 11.3. The summed E-state index contributed by atoms with van der Waals surface area (Å²) in [6, 6.07) is 4.24. The first-order chi connectivity index (χ1) is 11.2. The Kier molecular flexibility index (Phi) is 4.83. The van der Waals surface area contributed by atoms with Crippen molar-refractivity contribution in [2.45, 2.75) is 37.1 Å². The molecule has 1 saturated carbocycles. The van der Waals surface area contributed by atoms with Gasteiger partial charge in [-0.25, -0.2) is 13.2 Å². The number of halogens is 3. The summed E-state index contributed by atoms with van der Waals surface area (Å²) < 4.78 is 41.6. The van der Waals surface area contributed by atoms with Crippen molar-refractivity contribution in [3.8, 4) is 6.07 Å². The third-order valence-corrected chi connectivity index (χ3v) is 3.76. The lowest BCUT2D eigenvalue weighted by molar-refractivity contribution is -0.118. The maximum atomic E-state index is 14.2. The minimum atomic E-state index is -3.46. The van der Waals surface area contributed by atoms with Crippen molar-refractivity contribution in [3.05, 3.63) is 41.6 Å². The van der Waals surface area contributed by atoms with E-state index in [1.165, 1.54) is 0 Å². The highest BCUT2D eigenvalue weighted by Gasteiger charge is 2.44. The van der Waals surface area contributed by atoms with E-state index in [1.54, 1.807) is 0 Å². The minimum Gasteiger partial charge on any atom is -0.366 e. The van der Waals surface area contributed by atoms with E-state index in [0.717, 1.165) is 18.6 Å². The van der Waals surface area contributed by atoms with Crippen molar-refractivity contribution < 1.29 is 22.8 Å². The van der Waals surface area contributed by atoms with Crippen molar-refractivity contribution in [1.82, 2.24) is 5.32 Å². The zero-order chi connectivity index (χ0) is 18.0. The monoisotopic (exact) mass is 338 g/mol. The number of nitriles is 1. The first kappa shape index (κ1) is 17.8. The topological polar surface area (TPSA) is 96.0 Å². The number of benzene rings is 1.